The Morgan fingerprint density at radius 1 is 1.02 bits per heavy atom. The third kappa shape index (κ3) is 3.34. The molecule has 14 atom stereocenters. The second kappa shape index (κ2) is 10.2. The maximum atomic E-state index is 13.7. The maximum Gasteiger partial charge on any atom is 0.338 e. The van der Waals surface area contributed by atoms with Gasteiger partial charge >= 0.3 is 5.97 Å². The zero-order chi connectivity index (χ0) is 30.5. The summed E-state index contributed by atoms with van der Waals surface area (Å²) in [5.41, 5.74) is -3.15. The number of ether oxygens (including phenoxy) is 6. The van der Waals surface area contributed by atoms with E-state index < -0.39 is 46.8 Å². The second-order valence-electron chi connectivity index (χ2n) is 13.9. The van der Waals surface area contributed by atoms with Crippen LogP contribution in [0.1, 0.15) is 36.5 Å². The van der Waals surface area contributed by atoms with Gasteiger partial charge in [0.1, 0.15) is 29.5 Å². The lowest BCUT2D eigenvalue weighted by molar-refractivity contribution is -0.321. The number of methoxy groups -OCH3 is 5. The van der Waals surface area contributed by atoms with E-state index in [0.29, 0.717) is 12.2 Å². The topological polar surface area (TPSA) is 116 Å². The van der Waals surface area contributed by atoms with Gasteiger partial charge in [0.25, 0.3) is 0 Å². The van der Waals surface area contributed by atoms with Crippen LogP contribution in [-0.4, -0.2) is 124 Å². The molecular weight excluding hydrogens is 554 g/mol. The molecule has 1 aromatic rings. The first-order chi connectivity index (χ1) is 20.7. The fourth-order valence-electron chi connectivity index (χ4n) is 12.3. The Hall–Kier alpha value is -1.63. The first-order valence-electron chi connectivity index (χ1n) is 15.7. The van der Waals surface area contributed by atoms with Crippen molar-refractivity contribution in [1.29, 1.82) is 0 Å². The number of likely N-dealkylation sites (tertiary alicyclic amines) is 1. The minimum absolute atomic E-state index is 0.0186. The molecule has 0 amide bonds. The van der Waals surface area contributed by atoms with Crippen molar-refractivity contribution in [2.45, 2.75) is 73.9 Å². The molecule has 6 aliphatic rings. The third-order valence-corrected chi connectivity index (χ3v) is 13.1. The number of carbonyl (C=O) groups excluding carboxylic acids is 1. The molecule has 7 rings (SSSR count). The van der Waals surface area contributed by atoms with E-state index in [9.17, 15) is 15.0 Å². The highest BCUT2D eigenvalue weighted by Crippen LogP contribution is 2.80. The van der Waals surface area contributed by atoms with Gasteiger partial charge in [0.05, 0.1) is 24.4 Å². The van der Waals surface area contributed by atoms with E-state index in [-0.39, 0.29) is 47.8 Å². The highest BCUT2D eigenvalue weighted by molar-refractivity contribution is 5.89. The Morgan fingerprint density at radius 2 is 1.77 bits per heavy atom. The number of fused-ring (bicyclic) bond motifs is 2. The van der Waals surface area contributed by atoms with E-state index >= 15 is 0 Å². The summed E-state index contributed by atoms with van der Waals surface area (Å²) in [7, 11) is 8.45. The van der Waals surface area contributed by atoms with Gasteiger partial charge < -0.3 is 38.6 Å². The van der Waals surface area contributed by atoms with E-state index in [2.05, 4.69) is 11.8 Å². The van der Waals surface area contributed by atoms with Crippen LogP contribution in [-0.2, 0) is 28.4 Å². The van der Waals surface area contributed by atoms with Crippen molar-refractivity contribution in [3.63, 3.8) is 0 Å². The number of hydrogen-bond acceptors (Lipinski definition) is 10. The van der Waals surface area contributed by atoms with Gasteiger partial charge in [-0.3, -0.25) is 4.90 Å². The average Bonchev–Trinajstić information content (AvgIpc) is 3.39. The van der Waals surface area contributed by atoms with Crippen LogP contribution >= 0.6 is 0 Å². The van der Waals surface area contributed by atoms with Crippen LogP contribution in [0, 0.1) is 34.5 Å². The number of piperidine rings is 1. The number of benzene rings is 1. The molecule has 5 unspecified atom stereocenters. The SMILES string of the molecule is CCN1C[C@]2(COC)CCC(OC)[C@@]34[C@@H]5C[C@@]6(O)C(OC)C(O)[C@@](OC)([C@H]5C6OC(=O)c5ccccc5)[C@@H](C(OC)[C@H]23)[C@@H]14. The third-order valence-electron chi connectivity index (χ3n) is 13.1. The number of esters is 1. The molecule has 5 saturated carbocycles. The highest BCUT2D eigenvalue weighted by Gasteiger charge is 2.90. The number of nitrogens with zero attached hydrogens (tertiary/aromatic N) is 1. The van der Waals surface area contributed by atoms with Gasteiger partial charge in [0, 0.05) is 76.7 Å². The van der Waals surface area contributed by atoms with Crippen LogP contribution in [0.5, 0.6) is 0 Å². The molecular formula is C33H47NO9. The highest BCUT2D eigenvalue weighted by atomic mass is 16.6. The molecule has 1 spiro atoms. The zero-order valence-corrected chi connectivity index (χ0v) is 26.1. The Bertz CT molecular complexity index is 1230. The summed E-state index contributed by atoms with van der Waals surface area (Å²) in [6.45, 7) is 4.40. The molecule has 6 fully saturated rings. The van der Waals surface area contributed by atoms with E-state index in [1.165, 1.54) is 7.11 Å². The summed E-state index contributed by atoms with van der Waals surface area (Å²) in [6, 6.07) is 8.79. The Kier molecular flexibility index (Phi) is 7.12. The fraction of sp³-hybridized carbons (Fsp3) is 0.788. The normalized spacial score (nSPS) is 51.0. The van der Waals surface area contributed by atoms with E-state index in [1.807, 2.05) is 6.07 Å². The van der Waals surface area contributed by atoms with Gasteiger partial charge in [-0.15, -0.1) is 0 Å². The average molecular weight is 602 g/mol. The minimum Gasteiger partial charge on any atom is -0.455 e. The Morgan fingerprint density at radius 3 is 2.37 bits per heavy atom. The Balaban J connectivity index is 1.49. The summed E-state index contributed by atoms with van der Waals surface area (Å²) in [6.07, 6.45) is -1.58. The number of aliphatic hydroxyl groups is 2. The van der Waals surface area contributed by atoms with Crippen LogP contribution < -0.4 is 0 Å². The number of aliphatic hydroxyl groups excluding tert-OH is 1. The fourth-order valence-corrected chi connectivity index (χ4v) is 12.3. The molecule has 10 heteroatoms. The summed E-state index contributed by atoms with van der Waals surface area (Å²) >= 11 is 0. The van der Waals surface area contributed by atoms with Crippen LogP contribution in [0.15, 0.2) is 30.3 Å². The Labute approximate surface area is 253 Å². The quantitative estimate of drug-likeness (QED) is 0.406. The molecule has 10 nitrogen and oxygen atoms in total. The molecule has 1 aliphatic heterocycles. The standard InChI is InChI=1S/C33H47NO9/c1-7-34-16-30(17-38-2)14-13-20(39-3)32-19-15-31(37)27(43-29(36)18-11-9-8-10-12-18)21(19)33(42-6,26(35)28(31)41-5)22(25(32)34)23(40-4)24(30)32/h8-12,19-28,35,37H,7,13-17H2,1-6H3/t19-,20?,21-,22+,23?,24-,25-,26?,27?,28?,30+,31+,32+,33-/m1/s1. The van der Waals surface area contributed by atoms with Crippen LogP contribution in [0.2, 0.25) is 0 Å². The van der Waals surface area contributed by atoms with Crippen molar-refractivity contribution >= 4 is 5.97 Å². The maximum absolute atomic E-state index is 13.7. The van der Waals surface area contributed by atoms with Crippen molar-refractivity contribution in [3.8, 4) is 0 Å². The molecule has 0 aromatic heterocycles. The number of carbonyl (C=O) groups is 1. The molecule has 43 heavy (non-hydrogen) atoms. The van der Waals surface area contributed by atoms with Crippen molar-refractivity contribution in [2.75, 3.05) is 55.2 Å². The molecule has 0 radical (unpaired) electrons. The number of hydrogen-bond donors (Lipinski definition) is 2. The predicted octanol–water partition coefficient (Wildman–Crippen LogP) is 1.76. The molecule has 5 aliphatic carbocycles. The van der Waals surface area contributed by atoms with E-state index in [1.54, 1.807) is 52.7 Å². The van der Waals surface area contributed by atoms with Gasteiger partial charge in [-0.1, -0.05) is 25.1 Å². The molecule has 2 N–H and O–H groups in total. The lowest BCUT2D eigenvalue weighted by Crippen LogP contribution is -2.80. The molecule has 238 valence electrons. The zero-order valence-electron chi connectivity index (χ0n) is 26.1. The number of rotatable bonds is 9. The van der Waals surface area contributed by atoms with E-state index in [4.69, 9.17) is 28.4 Å². The largest absolute Gasteiger partial charge is 0.455 e. The second-order valence-corrected chi connectivity index (χ2v) is 13.9. The van der Waals surface area contributed by atoms with Gasteiger partial charge in [-0.2, -0.15) is 0 Å². The van der Waals surface area contributed by atoms with Crippen LogP contribution in [0.3, 0.4) is 0 Å². The van der Waals surface area contributed by atoms with E-state index in [0.717, 1.165) is 25.9 Å². The first kappa shape index (κ1) is 30.0. The monoisotopic (exact) mass is 601 g/mol. The van der Waals surface area contributed by atoms with Crippen LogP contribution in [0.4, 0.5) is 0 Å². The van der Waals surface area contributed by atoms with Crippen molar-refractivity contribution < 1.29 is 43.4 Å². The van der Waals surface area contributed by atoms with Crippen molar-refractivity contribution in [2.24, 2.45) is 34.5 Å². The molecule has 7 bridgehead atoms. The van der Waals surface area contributed by atoms with Gasteiger partial charge in [-0.25, -0.2) is 4.79 Å². The summed E-state index contributed by atoms with van der Waals surface area (Å²) in [5.74, 6) is -1.55. The van der Waals surface area contributed by atoms with Crippen molar-refractivity contribution in [3.05, 3.63) is 35.9 Å². The first-order valence-corrected chi connectivity index (χ1v) is 15.7. The molecule has 1 aromatic carbocycles. The van der Waals surface area contributed by atoms with Crippen LogP contribution in [0.25, 0.3) is 0 Å². The summed E-state index contributed by atoms with van der Waals surface area (Å²) < 4.78 is 38.0. The summed E-state index contributed by atoms with van der Waals surface area (Å²) in [5, 5.41) is 25.1. The summed E-state index contributed by atoms with van der Waals surface area (Å²) in [4.78, 5) is 16.2. The van der Waals surface area contributed by atoms with Gasteiger partial charge in [-0.05, 0) is 43.9 Å². The molecule has 1 saturated heterocycles. The smallest absolute Gasteiger partial charge is 0.338 e. The van der Waals surface area contributed by atoms with Gasteiger partial charge in [0.15, 0.2) is 0 Å². The minimum atomic E-state index is -1.64. The lowest BCUT2D eigenvalue weighted by atomic mass is 9.43. The van der Waals surface area contributed by atoms with Gasteiger partial charge in [0.2, 0.25) is 0 Å². The molecule has 1 heterocycles. The van der Waals surface area contributed by atoms with Crippen molar-refractivity contribution in [1.82, 2.24) is 4.90 Å². The lowest BCUT2D eigenvalue weighted by Gasteiger charge is -2.69. The predicted molar refractivity (Wildman–Crippen MR) is 154 cm³/mol.